The van der Waals surface area contributed by atoms with Crippen molar-refractivity contribution in [2.45, 2.75) is 61.9 Å². The Morgan fingerprint density at radius 3 is 2.27 bits per heavy atom. The van der Waals surface area contributed by atoms with Gasteiger partial charge in [0.05, 0.1) is 12.1 Å². The minimum atomic E-state index is -1.59. The van der Waals surface area contributed by atoms with Crippen molar-refractivity contribution in [3.8, 4) is 29.4 Å². The van der Waals surface area contributed by atoms with E-state index in [0.717, 1.165) is 5.69 Å². The van der Waals surface area contributed by atoms with Crippen molar-refractivity contribution in [1.82, 2.24) is 24.9 Å². The Morgan fingerprint density at radius 1 is 0.942 bits per heavy atom. The Labute approximate surface area is 311 Å². The number of pyridine rings is 1. The Morgan fingerprint density at radius 2 is 1.63 bits per heavy atom. The third-order valence-electron chi connectivity index (χ3n) is 9.63. The number of nitrogen functional groups attached to an aromatic ring is 2. The molecule has 3 fully saturated rings. The maximum Gasteiger partial charge on any atom is 0.223 e. The Kier molecular flexibility index (Phi) is 9.53. The predicted octanol–water partition coefficient (Wildman–Crippen LogP) is 1.52. The van der Waals surface area contributed by atoms with Gasteiger partial charge in [0, 0.05) is 42.3 Å². The minimum absolute atomic E-state index is 0.0227. The highest BCUT2D eigenvalue weighted by Crippen LogP contribution is 2.56. The number of hydrogen-bond donors (Lipinski definition) is 9. The molecule has 4 aromatic rings. The zero-order valence-corrected chi connectivity index (χ0v) is 29.7. The van der Waals surface area contributed by atoms with Gasteiger partial charge in [0.15, 0.2) is 16.1 Å². The molecule has 3 aliphatic rings. The summed E-state index contributed by atoms with van der Waals surface area (Å²) in [5.41, 5.74) is 10.6. The molecule has 8 atom stereocenters. The van der Waals surface area contributed by atoms with Crippen molar-refractivity contribution in [2.24, 2.45) is 11.8 Å². The van der Waals surface area contributed by atoms with E-state index in [1.807, 2.05) is 19.1 Å². The first-order valence-electron chi connectivity index (χ1n) is 16.1. The van der Waals surface area contributed by atoms with Crippen LogP contribution in [0.1, 0.15) is 46.5 Å². The number of nitrogens with two attached hydrogens (primary N) is 2. The average molecular weight is 767 g/mol. The average Bonchev–Trinajstić information content (AvgIpc) is 3.44. The molecular formula is C34H33Cl2N9O6S. The number of anilines is 4. The summed E-state index contributed by atoms with van der Waals surface area (Å²) < 4.78 is 6.57. The first-order valence-corrected chi connectivity index (χ1v) is 17.8. The van der Waals surface area contributed by atoms with Gasteiger partial charge in [0.1, 0.15) is 45.4 Å². The number of thiophene rings is 1. The quantitative estimate of drug-likeness (QED) is 0.0735. The first-order chi connectivity index (χ1) is 24.8. The summed E-state index contributed by atoms with van der Waals surface area (Å²) in [6, 6.07) is 4.65. The lowest BCUT2D eigenvalue weighted by atomic mass is 10.0. The normalized spacial score (nSPS) is 28.6. The molecule has 0 spiro atoms. The summed E-state index contributed by atoms with van der Waals surface area (Å²) >= 11 is 14.2. The Bertz CT molecular complexity index is 2150. The molecule has 11 N–H and O–H groups in total. The number of fused-ring (bicyclic) bond motifs is 1. The van der Waals surface area contributed by atoms with Gasteiger partial charge < -0.3 is 52.4 Å². The molecular weight excluding hydrogens is 733 g/mol. The van der Waals surface area contributed by atoms with Crippen LogP contribution in [0, 0.1) is 42.4 Å². The van der Waals surface area contributed by atoms with E-state index < -0.39 is 47.5 Å². The third kappa shape index (κ3) is 6.53. The SMILES string of the molecule is Cc1ccc(C#Cc2c(Cl)nc(N)nc2NC2(Oc3ccsc3C#Cc3c(Cl)nc(N)nc3NC3CC4C(O)C4(O)C3O)CCC(CO)C2O)cn1. The second-order valence-electron chi connectivity index (χ2n) is 12.9. The highest BCUT2D eigenvalue weighted by molar-refractivity contribution is 7.10. The molecule has 3 aliphatic carbocycles. The van der Waals surface area contributed by atoms with E-state index in [4.69, 9.17) is 39.4 Å². The fourth-order valence-corrected chi connectivity index (χ4v) is 7.83. The van der Waals surface area contributed by atoms with Gasteiger partial charge in [-0.3, -0.25) is 4.98 Å². The molecule has 7 rings (SSSR count). The van der Waals surface area contributed by atoms with Crippen molar-refractivity contribution >= 4 is 58.1 Å². The number of nitrogens with zero attached hydrogens (tertiary/aromatic N) is 5. The van der Waals surface area contributed by atoms with E-state index in [1.54, 1.807) is 17.6 Å². The molecule has 0 radical (unpaired) electrons. The van der Waals surface area contributed by atoms with E-state index >= 15 is 0 Å². The van der Waals surface area contributed by atoms with Crippen LogP contribution in [0.5, 0.6) is 5.75 Å². The number of hydrogen-bond acceptors (Lipinski definition) is 16. The van der Waals surface area contributed by atoms with Gasteiger partial charge in [-0.1, -0.05) is 41.0 Å². The number of aromatic nitrogens is 5. The molecule has 0 aromatic carbocycles. The molecule has 0 aliphatic heterocycles. The summed E-state index contributed by atoms with van der Waals surface area (Å²) in [7, 11) is 0. The summed E-state index contributed by atoms with van der Waals surface area (Å²) in [4.78, 5) is 21.4. The van der Waals surface area contributed by atoms with Crippen molar-refractivity contribution < 1.29 is 30.3 Å². The van der Waals surface area contributed by atoms with Gasteiger partial charge in [-0.2, -0.15) is 19.9 Å². The van der Waals surface area contributed by atoms with Crippen LogP contribution in [-0.4, -0.2) is 92.7 Å². The molecule has 15 nitrogen and oxygen atoms in total. The number of aryl methyl sites for hydroxylation is 1. The molecule has 18 heteroatoms. The maximum atomic E-state index is 11.6. The third-order valence-corrected chi connectivity index (χ3v) is 11.0. The van der Waals surface area contributed by atoms with Crippen molar-refractivity contribution in [3.63, 3.8) is 0 Å². The summed E-state index contributed by atoms with van der Waals surface area (Å²) in [5, 5.41) is 60.9. The van der Waals surface area contributed by atoms with Crippen LogP contribution in [0.2, 0.25) is 10.3 Å². The van der Waals surface area contributed by atoms with Gasteiger partial charge >= 0.3 is 0 Å². The van der Waals surface area contributed by atoms with Gasteiger partial charge in [-0.25, -0.2) is 0 Å². The van der Waals surface area contributed by atoms with Gasteiger partial charge in [-0.05, 0) is 49.3 Å². The van der Waals surface area contributed by atoms with Gasteiger partial charge in [0.25, 0.3) is 0 Å². The van der Waals surface area contributed by atoms with E-state index in [2.05, 4.69) is 59.2 Å². The van der Waals surface area contributed by atoms with Crippen molar-refractivity contribution in [3.05, 3.63) is 67.3 Å². The molecule has 8 unspecified atom stereocenters. The number of ether oxygens (including phenoxy) is 1. The molecule has 0 saturated heterocycles. The molecule has 0 amide bonds. The van der Waals surface area contributed by atoms with Crippen LogP contribution in [-0.2, 0) is 0 Å². The van der Waals surface area contributed by atoms with E-state index in [0.29, 0.717) is 22.6 Å². The lowest BCUT2D eigenvalue weighted by molar-refractivity contribution is -0.0376. The predicted molar refractivity (Wildman–Crippen MR) is 193 cm³/mol. The minimum Gasteiger partial charge on any atom is -0.463 e. The molecule has 52 heavy (non-hydrogen) atoms. The van der Waals surface area contributed by atoms with Crippen molar-refractivity contribution in [1.29, 1.82) is 0 Å². The molecule has 4 aromatic heterocycles. The van der Waals surface area contributed by atoms with Crippen LogP contribution < -0.4 is 26.8 Å². The second-order valence-corrected chi connectivity index (χ2v) is 14.5. The summed E-state index contributed by atoms with van der Waals surface area (Å²) in [5.74, 6) is 11.2. The largest absolute Gasteiger partial charge is 0.463 e. The monoisotopic (exact) mass is 765 g/mol. The standard InChI is InChI=1S/C34H33Cl2N9O6S/c1-15-2-3-16(13-39-15)4-5-19-28(36)42-32(38)44-30(19)45-33(10-8-17(14-46)24(33)47)51-22-9-11-52-23(22)7-6-18-27(35)41-31(37)43-29(18)40-21-12-20-25(48)34(20,50)26(21)49/h2-3,9,11,13,17,20-21,24-26,46-50H,8,10,12,14H2,1H3,(H3,37,40,41,43)(H3,38,42,44,45). The van der Waals surface area contributed by atoms with Crippen LogP contribution >= 0.6 is 34.5 Å². The fraction of sp³-hybridized carbons (Fsp3) is 0.382. The Hall–Kier alpha value is -4.49. The molecule has 270 valence electrons. The van der Waals surface area contributed by atoms with Gasteiger partial charge in [0.2, 0.25) is 17.6 Å². The van der Waals surface area contributed by atoms with E-state index in [-0.39, 0.29) is 64.4 Å². The molecule has 3 saturated carbocycles. The molecule has 4 heterocycles. The van der Waals surface area contributed by atoms with Gasteiger partial charge in [-0.15, -0.1) is 11.3 Å². The number of nitrogens with one attached hydrogen (secondary N) is 2. The highest BCUT2D eigenvalue weighted by Gasteiger charge is 2.74. The van der Waals surface area contributed by atoms with Crippen LogP contribution in [0.25, 0.3) is 0 Å². The summed E-state index contributed by atoms with van der Waals surface area (Å²) in [6.07, 6.45) is -0.972. The lowest BCUT2D eigenvalue weighted by Gasteiger charge is -2.36. The first kappa shape index (κ1) is 35.9. The second kappa shape index (κ2) is 13.8. The number of aliphatic hydroxyl groups excluding tert-OH is 4. The van der Waals surface area contributed by atoms with Crippen LogP contribution in [0.4, 0.5) is 23.5 Å². The summed E-state index contributed by atoms with van der Waals surface area (Å²) in [6.45, 7) is 1.56. The number of aliphatic hydroxyl groups is 5. The zero-order chi connectivity index (χ0) is 36.9. The lowest BCUT2D eigenvalue weighted by Crippen LogP contribution is -2.53. The highest BCUT2D eigenvalue weighted by atomic mass is 35.5. The van der Waals surface area contributed by atoms with E-state index in [1.165, 1.54) is 11.3 Å². The number of rotatable bonds is 7. The maximum absolute atomic E-state index is 11.6. The van der Waals surface area contributed by atoms with Crippen LogP contribution in [0.15, 0.2) is 29.8 Å². The smallest absolute Gasteiger partial charge is 0.223 e. The van der Waals surface area contributed by atoms with Crippen molar-refractivity contribution in [2.75, 3.05) is 28.7 Å². The van der Waals surface area contributed by atoms with E-state index in [9.17, 15) is 25.5 Å². The zero-order valence-electron chi connectivity index (χ0n) is 27.4. The topological polar surface area (TPSA) is 251 Å². The number of halogens is 2. The molecule has 0 bridgehead atoms. The fourth-order valence-electron chi connectivity index (χ4n) is 6.72. The Balaban J connectivity index is 1.20. The van der Waals surface area contributed by atoms with Crippen LogP contribution in [0.3, 0.4) is 0 Å².